The van der Waals surface area contributed by atoms with Crippen molar-refractivity contribution in [1.29, 1.82) is 0 Å². The van der Waals surface area contributed by atoms with E-state index in [1.807, 2.05) is 11.8 Å². The van der Waals surface area contributed by atoms with Crippen molar-refractivity contribution in [2.45, 2.75) is 13.3 Å². The third kappa shape index (κ3) is 3.25. The molecule has 1 aliphatic rings. The molecule has 4 nitrogen and oxygen atoms in total. The monoisotopic (exact) mass is 252 g/mol. The summed E-state index contributed by atoms with van der Waals surface area (Å²) in [5.74, 6) is 4.49. The van der Waals surface area contributed by atoms with Gasteiger partial charge in [0.25, 0.3) is 0 Å². The Morgan fingerprint density at radius 1 is 1.35 bits per heavy atom. The maximum Gasteiger partial charge on any atom is 0.134 e. The van der Waals surface area contributed by atoms with Gasteiger partial charge in [0.1, 0.15) is 18.0 Å². The Morgan fingerprint density at radius 2 is 2.12 bits per heavy atom. The third-order valence-electron chi connectivity index (χ3n) is 2.92. The van der Waals surface area contributed by atoms with Crippen molar-refractivity contribution in [2.75, 3.05) is 48.0 Å². The Labute approximate surface area is 107 Å². The van der Waals surface area contributed by atoms with E-state index in [4.69, 9.17) is 0 Å². The summed E-state index contributed by atoms with van der Waals surface area (Å²) in [6.07, 6.45) is 2.81. The minimum atomic E-state index is 1.02. The molecule has 2 heterocycles. The molecule has 0 N–H and O–H groups in total. The van der Waals surface area contributed by atoms with E-state index in [9.17, 15) is 0 Å². The van der Waals surface area contributed by atoms with E-state index >= 15 is 0 Å². The second-order valence-electron chi connectivity index (χ2n) is 4.26. The van der Waals surface area contributed by atoms with Gasteiger partial charge in [0.05, 0.1) is 0 Å². The summed E-state index contributed by atoms with van der Waals surface area (Å²) in [5, 5.41) is 0. The van der Waals surface area contributed by atoms with Crippen LogP contribution in [0.4, 0.5) is 11.6 Å². The van der Waals surface area contributed by atoms with Gasteiger partial charge >= 0.3 is 0 Å². The molecule has 0 unspecified atom stereocenters. The van der Waals surface area contributed by atoms with Crippen molar-refractivity contribution < 1.29 is 0 Å². The van der Waals surface area contributed by atoms with E-state index < -0.39 is 0 Å². The molecule has 94 valence electrons. The molecule has 0 saturated carbocycles. The fourth-order valence-corrected chi connectivity index (χ4v) is 2.86. The number of thioether (sulfide) groups is 1. The van der Waals surface area contributed by atoms with Crippen LogP contribution in [0.5, 0.6) is 0 Å². The van der Waals surface area contributed by atoms with Gasteiger partial charge in [-0.2, -0.15) is 11.8 Å². The topological polar surface area (TPSA) is 32.3 Å². The molecule has 5 heteroatoms. The number of hydrogen-bond acceptors (Lipinski definition) is 5. The van der Waals surface area contributed by atoms with Crippen molar-refractivity contribution in [1.82, 2.24) is 9.97 Å². The van der Waals surface area contributed by atoms with Crippen LogP contribution in [0.3, 0.4) is 0 Å². The number of aromatic nitrogens is 2. The Balaban J connectivity index is 2.09. The highest BCUT2D eigenvalue weighted by atomic mass is 32.2. The van der Waals surface area contributed by atoms with Crippen molar-refractivity contribution in [3.8, 4) is 0 Å². The van der Waals surface area contributed by atoms with Crippen molar-refractivity contribution in [3.05, 3.63) is 12.4 Å². The largest absolute Gasteiger partial charge is 0.360 e. The fourth-order valence-electron chi connectivity index (χ4n) is 1.96. The summed E-state index contributed by atoms with van der Waals surface area (Å²) < 4.78 is 0. The van der Waals surface area contributed by atoms with Crippen LogP contribution in [0.15, 0.2) is 12.4 Å². The average Bonchev–Trinajstić information content (AvgIpc) is 2.40. The predicted octanol–water partition coefficient (Wildman–Crippen LogP) is 1.88. The highest BCUT2D eigenvalue weighted by Crippen LogP contribution is 2.20. The standard InChI is InChI=1S/C12H20N4S/c1-3-4-15(2)11-9-12(14-10-13-11)16-5-7-17-8-6-16/h9-10H,3-8H2,1-2H3. The van der Waals surface area contributed by atoms with Gasteiger partial charge < -0.3 is 9.80 Å². The molecule has 17 heavy (non-hydrogen) atoms. The zero-order valence-electron chi connectivity index (χ0n) is 10.6. The lowest BCUT2D eigenvalue weighted by Gasteiger charge is -2.28. The van der Waals surface area contributed by atoms with Crippen molar-refractivity contribution in [3.63, 3.8) is 0 Å². The lowest BCUT2D eigenvalue weighted by molar-refractivity contribution is 0.814. The van der Waals surface area contributed by atoms with Crippen LogP contribution in [-0.2, 0) is 0 Å². The molecular weight excluding hydrogens is 232 g/mol. The number of hydrogen-bond donors (Lipinski definition) is 0. The van der Waals surface area contributed by atoms with E-state index in [1.165, 1.54) is 11.5 Å². The summed E-state index contributed by atoms with van der Waals surface area (Å²) in [4.78, 5) is 13.3. The molecule has 1 aromatic rings. The van der Waals surface area contributed by atoms with E-state index in [-0.39, 0.29) is 0 Å². The van der Waals surface area contributed by atoms with E-state index in [0.717, 1.165) is 37.7 Å². The van der Waals surface area contributed by atoms with Crippen LogP contribution < -0.4 is 9.80 Å². The molecule has 0 aromatic carbocycles. The Morgan fingerprint density at radius 3 is 2.82 bits per heavy atom. The molecule has 0 atom stereocenters. The summed E-state index contributed by atoms with van der Waals surface area (Å²) >= 11 is 2.02. The second kappa shape index (κ2) is 6.10. The first-order chi connectivity index (χ1) is 8.31. The maximum atomic E-state index is 4.38. The van der Waals surface area contributed by atoms with Gasteiger partial charge in [-0.1, -0.05) is 6.92 Å². The van der Waals surface area contributed by atoms with Gasteiger partial charge in [-0.15, -0.1) is 0 Å². The second-order valence-corrected chi connectivity index (χ2v) is 5.48. The van der Waals surface area contributed by atoms with Crippen LogP contribution in [0.2, 0.25) is 0 Å². The smallest absolute Gasteiger partial charge is 0.134 e. The van der Waals surface area contributed by atoms with Crippen LogP contribution in [0.25, 0.3) is 0 Å². The zero-order valence-corrected chi connectivity index (χ0v) is 11.4. The van der Waals surface area contributed by atoms with Crippen LogP contribution in [-0.4, -0.2) is 48.2 Å². The van der Waals surface area contributed by atoms with E-state index in [0.29, 0.717) is 0 Å². The fraction of sp³-hybridized carbons (Fsp3) is 0.667. The summed E-state index contributed by atoms with van der Waals surface area (Å²) in [7, 11) is 2.08. The van der Waals surface area contributed by atoms with Crippen LogP contribution in [0, 0.1) is 0 Å². The minimum Gasteiger partial charge on any atom is -0.360 e. The van der Waals surface area contributed by atoms with Gasteiger partial charge in [-0.3, -0.25) is 0 Å². The highest BCUT2D eigenvalue weighted by Gasteiger charge is 2.13. The zero-order chi connectivity index (χ0) is 12.1. The highest BCUT2D eigenvalue weighted by molar-refractivity contribution is 7.99. The third-order valence-corrected chi connectivity index (χ3v) is 3.87. The molecule has 0 bridgehead atoms. The number of rotatable bonds is 4. The van der Waals surface area contributed by atoms with Gasteiger partial charge in [0, 0.05) is 44.3 Å². The van der Waals surface area contributed by atoms with E-state index in [1.54, 1.807) is 6.33 Å². The number of nitrogens with zero attached hydrogens (tertiary/aromatic N) is 4. The molecule has 1 aromatic heterocycles. The quantitative estimate of drug-likeness (QED) is 0.817. The molecule has 0 aliphatic carbocycles. The molecule has 2 rings (SSSR count). The summed E-state index contributed by atoms with van der Waals surface area (Å²) in [5.41, 5.74) is 0. The van der Waals surface area contributed by atoms with Gasteiger partial charge in [0.15, 0.2) is 0 Å². The molecule has 1 fully saturated rings. The Bertz CT molecular complexity index is 352. The molecule has 0 spiro atoms. The van der Waals surface area contributed by atoms with Gasteiger partial charge in [-0.05, 0) is 6.42 Å². The SMILES string of the molecule is CCCN(C)c1cc(N2CCSCC2)ncn1. The van der Waals surface area contributed by atoms with Crippen molar-refractivity contribution >= 4 is 23.4 Å². The summed E-state index contributed by atoms with van der Waals surface area (Å²) in [6.45, 7) is 5.41. The lowest BCUT2D eigenvalue weighted by Crippen LogP contribution is -2.33. The molecule has 0 amide bonds. The van der Waals surface area contributed by atoms with Gasteiger partial charge in [-0.25, -0.2) is 9.97 Å². The van der Waals surface area contributed by atoms with Crippen LogP contribution in [0.1, 0.15) is 13.3 Å². The summed E-state index contributed by atoms with van der Waals surface area (Å²) in [6, 6.07) is 2.10. The molecule has 0 radical (unpaired) electrons. The first-order valence-corrected chi connectivity index (χ1v) is 7.32. The first-order valence-electron chi connectivity index (χ1n) is 6.17. The molecular formula is C12H20N4S. The predicted molar refractivity (Wildman–Crippen MR) is 75.1 cm³/mol. The lowest BCUT2D eigenvalue weighted by atomic mass is 10.4. The van der Waals surface area contributed by atoms with Crippen LogP contribution >= 0.6 is 11.8 Å². The Kier molecular flexibility index (Phi) is 4.48. The van der Waals surface area contributed by atoms with Crippen molar-refractivity contribution in [2.24, 2.45) is 0 Å². The minimum absolute atomic E-state index is 1.02. The van der Waals surface area contributed by atoms with Gasteiger partial charge in [0.2, 0.25) is 0 Å². The Hall–Kier alpha value is -0.970. The molecule has 1 saturated heterocycles. The molecule has 1 aliphatic heterocycles. The van der Waals surface area contributed by atoms with E-state index in [2.05, 4.69) is 39.8 Å². The number of anilines is 2. The maximum absolute atomic E-state index is 4.38. The average molecular weight is 252 g/mol. The normalized spacial score (nSPS) is 16.0. The first kappa shape index (κ1) is 12.5.